The zero-order valence-electron chi connectivity index (χ0n) is 11.5. The quantitative estimate of drug-likeness (QED) is 0.860. The molecule has 0 fully saturated rings. The third-order valence-corrected chi connectivity index (χ3v) is 3.24. The van der Waals surface area contributed by atoms with E-state index >= 15 is 0 Å². The fourth-order valence-electron chi connectivity index (χ4n) is 2.03. The number of rotatable bonds is 5. The molecule has 2 rings (SSSR count). The second kappa shape index (κ2) is 6.79. The molecule has 0 atom stereocenters. The molecular weight excluding hydrogens is 256 g/mol. The Kier molecular flexibility index (Phi) is 4.81. The summed E-state index contributed by atoms with van der Waals surface area (Å²) >= 11 is 0. The van der Waals surface area contributed by atoms with Crippen molar-refractivity contribution >= 4 is 17.5 Å². The van der Waals surface area contributed by atoms with Gasteiger partial charge in [-0.15, -0.1) is 0 Å². The third kappa shape index (κ3) is 3.63. The number of aromatic nitrogens is 1. The number of carbonyl (C=O) groups is 2. The first kappa shape index (κ1) is 14.2. The SMILES string of the molecule is CCN(CCc1ccncc1)C(=O)C1=NNC(=O)CC1. The van der Waals surface area contributed by atoms with Gasteiger partial charge in [0, 0.05) is 38.3 Å². The second-order valence-corrected chi connectivity index (χ2v) is 4.58. The summed E-state index contributed by atoms with van der Waals surface area (Å²) in [6, 6.07) is 3.88. The molecule has 6 nitrogen and oxygen atoms in total. The van der Waals surface area contributed by atoms with Crippen molar-refractivity contribution in [1.82, 2.24) is 15.3 Å². The summed E-state index contributed by atoms with van der Waals surface area (Å²) in [4.78, 5) is 29.0. The molecule has 0 saturated carbocycles. The monoisotopic (exact) mass is 274 g/mol. The number of amides is 2. The third-order valence-electron chi connectivity index (χ3n) is 3.24. The highest BCUT2D eigenvalue weighted by Crippen LogP contribution is 2.06. The van der Waals surface area contributed by atoms with Gasteiger partial charge in [-0.25, -0.2) is 5.43 Å². The minimum Gasteiger partial charge on any atom is -0.337 e. The molecule has 2 amide bonds. The lowest BCUT2D eigenvalue weighted by Crippen LogP contribution is -2.41. The van der Waals surface area contributed by atoms with Crippen LogP contribution >= 0.6 is 0 Å². The lowest BCUT2D eigenvalue weighted by Gasteiger charge is -2.22. The molecular formula is C14H18N4O2. The van der Waals surface area contributed by atoms with Gasteiger partial charge in [0.25, 0.3) is 5.91 Å². The van der Waals surface area contributed by atoms with Crippen LogP contribution in [0.4, 0.5) is 0 Å². The maximum Gasteiger partial charge on any atom is 0.270 e. The molecule has 2 heterocycles. The molecule has 1 aliphatic heterocycles. The molecule has 0 saturated heterocycles. The molecule has 0 unspecified atom stereocenters. The van der Waals surface area contributed by atoms with Crippen molar-refractivity contribution in [2.75, 3.05) is 13.1 Å². The molecule has 0 bridgehead atoms. The number of nitrogens with zero attached hydrogens (tertiary/aromatic N) is 3. The predicted molar refractivity (Wildman–Crippen MR) is 75.0 cm³/mol. The maximum absolute atomic E-state index is 12.3. The molecule has 6 heteroatoms. The zero-order valence-corrected chi connectivity index (χ0v) is 11.5. The Morgan fingerprint density at radius 3 is 2.70 bits per heavy atom. The van der Waals surface area contributed by atoms with Crippen molar-refractivity contribution in [2.24, 2.45) is 5.10 Å². The number of hydrazone groups is 1. The fourth-order valence-corrected chi connectivity index (χ4v) is 2.03. The molecule has 0 radical (unpaired) electrons. The minimum atomic E-state index is -0.138. The van der Waals surface area contributed by atoms with Gasteiger partial charge in [-0.1, -0.05) is 0 Å². The average Bonchev–Trinajstić information content (AvgIpc) is 2.49. The highest BCUT2D eigenvalue weighted by Gasteiger charge is 2.22. The first-order valence-corrected chi connectivity index (χ1v) is 6.74. The van der Waals surface area contributed by atoms with E-state index in [0.29, 0.717) is 31.6 Å². The average molecular weight is 274 g/mol. The van der Waals surface area contributed by atoms with Crippen molar-refractivity contribution in [3.63, 3.8) is 0 Å². The molecule has 0 aromatic carbocycles. The maximum atomic E-state index is 12.3. The van der Waals surface area contributed by atoms with Crippen molar-refractivity contribution < 1.29 is 9.59 Å². The number of likely N-dealkylation sites (N-methyl/N-ethyl adjacent to an activating group) is 1. The van der Waals surface area contributed by atoms with Crippen LogP contribution in [0, 0.1) is 0 Å². The van der Waals surface area contributed by atoms with Gasteiger partial charge in [0.15, 0.2) is 0 Å². The van der Waals surface area contributed by atoms with E-state index in [2.05, 4.69) is 15.5 Å². The number of hydrogen-bond acceptors (Lipinski definition) is 4. The molecule has 0 spiro atoms. The van der Waals surface area contributed by atoms with E-state index in [0.717, 1.165) is 12.0 Å². The van der Waals surface area contributed by atoms with Gasteiger partial charge in [-0.2, -0.15) is 5.10 Å². The van der Waals surface area contributed by atoms with Crippen molar-refractivity contribution in [2.45, 2.75) is 26.2 Å². The van der Waals surface area contributed by atoms with E-state index < -0.39 is 0 Å². The van der Waals surface area contributed by atoms with Gasteiger partial charge in [0.2, 0.25) is 5.91 Å². The Bertz CT molecular complexity index is 513. The first-order chi connectivity index (χ1) is 9.70. The van der Waals surface area contributed by atoms with Crippen LogP contribution in [0.1, 0.15) is 25.3 Å². The molecule has 106 valence electrons. The summed E-state index contributed by atoms with van der Waals surface area (Å²) in [5.41, 5.74) is 3.93. The van der Waals surface area contributed by atoms with Crippen LogP contribution in [0.2, 0.25) is 0 Å². The Hall–Kier alpha value is -2.24. The standard InChI is InChI=1S/C14H18N4O2/c1-2-18(10-7-11-5-8-15-9-6-11)14(20)12-3-4-13(19)17-16-12/h5-6,8-9H,2-4,7,10H2,1H3,(H,17,19). The van der Waals surface area contributed by atoms with E-state index in [1.807, 2.05) is 19.1 Å². The summed E-state index contributed by atoms with van der Waals surface area (Å²) in [5, 5.41) is 3.85. The van der Waals surface area contributed by atoms with Crippen LogP contribution in [0.5, 0.6) is 0 Å². The Morgan fingerprint density at radius 2 is 2.10 bits per heavy atom. The van der Waals surface area contributed by atoms with Crippen molar-refractivity contribution in [1.29, 1.82) is 0 Å². The summed E-state index contributed by atoms with van der Waals surface area (Å²) in [6.45, 7) is 3.19. The van der Waals surface area contributed by atoms with Crippen LogP contribution in [0.25, 0.3) is 0 Å². The number of nitrogens with one attached hydrogen (secondary N) is 1. The van der Waals surface area contributed by atoms with E-state index in [4.69, 9.17) is 0 Å². The molecule has 20 heavy (non-hydrogen) atoms. The lowest BCUT2D eigenvalue weighted by atomic mass is 10.1. The van der Waals surface area contributed by atoms with Crippen LogP contribution < -0.4 is 5.43 Å². The van der Waals surface area contributed by atoms with E-state index in [-0.39, 0.29) is 11.8 Å². The molecule has 1 aliphatic rings. The Morgan fingerprint density at radius 1 is 1.35 bits per heavy atom. The number of carbonyl (C=O) groups excluding carboxylic acids is 2. The topological polar surface area (TPSA) is 74.7 Å². The number of pyridine rings is 1. The summed E-state index contributed by atoms with van der Waals surface area (Å²) in [5.74, 6) is -0.233. The number of hydrogen-bond donors (Lipinski definition) is 1. The van der Waals surface area contributed by atoms with Crippen molar-refractivity contribution in [3.8, 4) is 0 Å². The van der Waals surface area contributed by atoms with Crippen molar-refractivity contribution in [3.05, 3.63) is 30.1 Å². The molecule has 1 aromatic rings. The summed E-state index contributed by atoms with van der Waals surface area (Å²) in [7, 11) is 0. The molecule has 0 aliphatic carbocycles. The van der Waals surface area contributed by atoms with E-state index in [1.54, 1.807) is 17.3 Å². The van der Waals surface area contributed by atoms with E-state index in [9.17, 15) is 9.59 Å². The van der Waals surface area contributed by atoms with Gasteiger partial charge in [0.1, 0.15) is 5.71 Å². The summed E-state index contributed by atoms with van der Waals surface area (Å²) < 4.78 is 0. The van der Waals surface area contributed by atoms with Gasteiger partial charge in [-0.3, -0.25) is 14.6 Å². The van der Waals surface area contributed by atoms with Gasteiger partial charge in [-0.05, 0) is 31.0 Å². The largest absolute Gasteiger partial charge is 0.337 e. The Balaban J connectivity index is 1.94. The van der Waals surface area contributed by atoms with Crippen LogP contribution in [-0.2, 0) is 16.0 Å². The Labute approximate surface area is 117 Å². The van der Waals surface area contributed by atoms with Crippen LogP contribution in [0.3, 0.4) is 0 Å². The normalized spacial score (nSPS) is 14.4. The van der Waals surface area contributed by atoms with Gasteiger partial charge >= 0.3 is 0 Å². The smallest absolute Gasteiger partial charge is 0.270 e. The van der Waals surface area contributed by atoms with E-state index in [1.165, 1.54) is 0 Å². The first-order valence-electron chi connectivity index (χ1n) is 6.74. The molecule has 1 aromatic heterocycles. The highest BCUT2D eigenvalue weighted by molar-refractivity contribution is 6.39. The van der Waals surface area contributed by atoms with Gasteiger partial charge < -0.3 is 4.90 Å². The van der Waals surface area contributed by atoms with Gasteiger partial charge in [0.05, 0.1) is 0 Å². The fraction of sp³-hybridized carbons (Fsp3) is 0.429. The van der Waals surface area contributed by atoms with Crippen LogP contribution in [0.15, 0.2) is 29.6 Å². The van der Waals surface area contributed by atoms with Crippen LogP contribution in [-0.4, -0.2) is 40.5 Å². The highest BCUT2D eigenvalue weighted by atomic mass is 16.2. The lowest BCUT2D eigenvalue weighted by molar-refractivity contribution is -0.124. The summed E-state index contributed by atoms with van der Waals surface area (Å²) in [6.07, 6.45) is 5.01. The minimum absolute atomic E-state index is 0.0958. The second-order valence-electron chi connectivity index (χ2n) is 4.58. The molecule has 1 N–H and O–H groups in total. The zero-order chi connectivity index (χ0) is 14.4. The predicted octanol–water partition coefficient (Wildman–Crippen LogP) is 0.739.